The summed E-state index contributed by atoms with van der Waals surface area (Å²) in [5.74, 6) is 1.49. The fraction of sp³-hybridized carbons (Fsp3) is 0.682. The molecule has 164 valence electrons. The summed E-state index contributed by atoms with van der Waals surface area (Å²) < 4.78 is 16.6. The van der Waals surface area contributed by atoms with E-state index in [1.807, 2.05) is 6.07 Å². The quantitative estimate of drug-likeness (QED) is 0.700. The van der Waals surface area contributed by atoms with E-state index in [9.17, 15) is 4.79 Å². The minimum Gasteiger partial charge on any atom is -0.493 e. The molecule has 1 aromatic carbocycles. The Balaban J connectivity index is 0.00000300. The number of halogens is 1. The summed E-state index contributed by atoms with van der Waals surface area (Å²) in [6, 6.07) is 6.16. The molecule has 2 fully saturated rings. The zero-order valence-corrected chi connectivity index (χ0v) is 18.7. The van der Waals surface area contributed by atoms with Gasteiger partial charge in [0.1, 0.15) is 5.60 Å². The van der Waals surface area contributed by atoms with E-state index in [4.69, 9.17) is 14.2 Å². The second kappa shape index (κ2) is 10.5. The van der Waals surface area contributed by atoms with Crippen molar-refractivity contribution in [2.45, 2.75) is 56.0 Å². The summed E-state index contributed by atoms with van der Waals surface area (Å²) in [7, 11) is 4.96. The number of hydrogen-bond donors (Lipinski definition) is 2. The summed E-state index contributed by atoms with van der Waals surface area (Å²) in [4.78, 5) is 13.1. The topological polar surface area (TPSA) is 68.8 Å². The minimum atomic E-state index is -0.710. The molecule has 0 aromatic heterocycles. The normalized spacial score (nSPS) is 20.2. The molecule has 1 aliphatic heterocycles. The van der Waals surface area contributed by atoms with Gasteiger partial charge in [-0.15, -0.1) is 12.4 Å². The van der Waals surface area contributed by atoms with E-state index in [1.165, 1.54) is 24.8 Å². The lowest BCUT2D eigenvalue weighted by molar-refractivity contribution is -0.147. The summed E-state index contributed by atoms with van der Waals surface area (Å²) in [6.45, 7) is 2.24. The average Bonchev–Trinajstić information content (AvgIpc) is 2.78. The first-order chi connectivity index (χ1) is 13.6. The van der Waals surface area contributed by atoms with Crippen LogP contribution in [0.5, 0.6) is 11.5 Å². The van der Waals surface area contributed by atoms with E-state index in [0.717, 1.165) is 37.4 Å². The molecule has 1 aliphatic carbocycles. The smallest absolute Gasteiger partial charge is 0.252 e. The van der Waals surface area contributed by atoms with Crippen molar-refractivity contribution in [3.05, 3.63) is 23.8 Å². The Bertz CT molecular complexity index is 671. The molecule has 6 nitrogen and oxygen atoms in total. The first kappa shape index (κ1) is 23.8. The number of piperidine rings is 1. The fourth-order valence-corrected chi connectivity index (χ4v) is 4.73. The second-order valence-corrected chi connectivity index (χ2v) is 8.04. The number of rotatable bonds is 7. The van der Waals surface area contributed by atoms with Crippen LogP contribution in [0.25, 0.3) is 0 Å². The molecule has 1 amide bonds. The maximum absolute atomic E-state index is 13.1. The van der Waals surface area contributed by atoms with Crippen molar-refractivity contribution in [1.29, 1.82) is 0 Å². The van der Waals surface area contributed by atoms with Gasteiger partial charge in [0.15, 0.2) is 11.5 Å². The van der Waals surface area contributed by atoms with Crippen LogP contribution < -0.4 is 20.1 Å². The number of benzene rings is 1. The molecule has 1 heterocycles. The molecule has 1 saturated heterocycles. The van der Waals surface area contributed by atoms with Crippen LogP contribution in [0.4, 0.5) is 0 Å². The van der Waals surface area contributed by atoms with E-state index < -0.39 is 5.60 Å². The molecule has 29 heavy (non-hydrogen) atoms. The van der Waals surface area contributed by atoms with Crippen molar-refractivity contribution in [3.63, 3.8) is 0 Å². The highest BCUT2D eigenvalue weighted by Gasteiger charge is 2.42. The van der Waals surface area contributed by atoms with Crippen LogP contribution in [-0.4, -0.2) is 52.5 Å². The number of nitrogens with one attached hydrogen (secondary N) is 2. The fourth-order valence-electron chi connectivity index (χ4n) is 4.73. The van der Waals surface area contributed by atoms with Crippen LogP contribution in [0, 0.1) is 0 Å². The number of carbonyl (C=O) groups excluding carboxylic acids is 1. The molecular formula is C22H35ClN2O4. The largest absolute Gasteiger partial charge is 0.493 e. The highest BCUT2D eigenvalue weighted by molar-refractivity contribution is 5.85. The van der Waals surface area contributed by atoms with Crippen LogP contribution >= 0.6 is 12.4 Å². The minimum absolute atomic E-state index is 0. The van der Waals surface area contributed by atoms with Crippen LogP contribution in [0.15, 0.2) is 18.2 Å². The average molecular weight is 427 g/mol. The van der Waals surface area contributed by atoms with Gasteiger partial charge in [-0.2, -0.15) is 0 Å². The van der Waals surface area contributed by atoms with Gasteiger partial charge in [0.2, 0.25) is 0 Å². The molecule has 0 bridgehead atoms. The number of hydrogen-bond acceptors (Lipinski definition) is 5. The van der Waals surface area contributed by atoms with Gasteiger partial charge in [-0.1, -0.05) is 25.3 Å². The number of carbonyl (C=O) groups is 1. The van der Waals surface area contributed by atoms with Crippen LogP contribution in [0.1, 0.15) is 50.5 Å². The molecule has 1 saturated carbocycles. The van der Waals surface area contributed by atoms with Gasteiger partial charge < -0.3 is 24.8 Å². The van der Waals surface area contributed by atoms with Crippen molar-refractivity contribution in [3.8, 4) is 11.5 Å². The Morgan fingerprint density at radius 3 is 2.24 bits per heavy atom. The van der Waals surface area contributed by atoms with Gasteiger partial charge in [0, 0.05) is 19.1 Å². The first-order valence-corrected chi connectivity index (χ1v) is 10.4. The Morgan fingerprint density at radius 2 is 1.66 bits per heavy atom. The monoisotopic (exact) mass is 426 g/mol. The molecule has 2 aliphatic rings. The first-order valence-electron chi connectivity index (χ1n) is 10.4. The molecule has 7 heteroatoms. The summed E-state index contributed by atoms with van der Waals surface area (Å²) >= 11 is 0. The van der Waals surface area contributed by atoms with Crippen molar-refractivity contribution in [2.24, 2.45) is 0 Å². The maximum Gasteiger partial charge on any atom is 0.252 e. The van der Waals surface area contributed by atoms with Crippen molar-refractivity contribution in [2.75, 3.05) is 41.0 Å². The van der Waals surface area contributed by atoms with Gasteiger partial charge in [-0.3, -0.25) is 4.79 Å². The predicted molar refractivity (Wildman–Crippen MR) is 116 cm³/mol. The van der Waals surface area contributed by atoms with Crippen LogP contribution in [0.3, 0.4) is 0 Å². The van der Waals surface area contributed by atoms with E-state index in [1.54, 1.807) is 21.3 Å². The number of ether oxygens (including phenoxy) is 3. The Hall–Kier alpha value is -1.50. The molecule has 0 atom stereocenters. The number of amides is 1. The van der Waals surface area contributed by atoms with Crippen molar-refractivity contribution >= 4 is 18.3 Å². The lowest BCUT2D eigenvalue weighted by atomic mass is 9.69. The van der Waals surface area contributed by atoms with Gasteiger partial charge in [0.05, 0.1) is 14.2 Å². The lowest BCUT2D eigenvalue weighted by Crippen LogP contribution is -2.56. The van der Waals surface area contributed by atoms with Gasteiger partial charge in [-0.25, -0.2) is 0 Å². The summed E-state index contributed by atoms with van der Waals surface area (Å²) in [5.41, 5.74) is 0.426. The van der Waals surface area contributed by atoms with Crippen LogP contribution in [0.2, 0.25) is 0 Å². The molecule has 2 N–H and O–H groups in total. The lowest BCUT2D eigenvalue weighted by Gasteiger charge is -2.40. The molecule has 0 spiro atoms. The third-order valence-corrected chi connectivity index (χ3v) is 6.61. The molecule has 3 rings (SSSR count). The highest BCUT2D eigenvalue weighted by Crippen LogP contribution is 2.42. The standard InChI is InChI=1S/C22H34N2O4.ClH/c1-26-18-8-7-17(15-19(18)27-2)21(9-5-4-6-10-21)16-24-20(25)22(28-3)11-13-23-14-12-22;/h7-8,15,23H,4-6,9-14,16H2,1-3H3,(H,24,25);1H. The zero-order chi connectivity index (χ0) is 20.0. The molecule has 1 aromatic rings. The van der Waals surface area contributed by atoms with E-state index in [0.29, 0.717) is 19.4 Å². The molecule has 0 unspecified atom stereocenters. The highest BCUT2D eigenvalue weighted by atomic mass is 35.5. The maximum atomic E-state index is 13.1. The van der Waals surface area contributed by atoms with Crippen molar-refractivity contribution < 1.29 is 19.0 Å². The Labute approximate surface area is 180 Å². The van der Waals surface area contributed by atoms with Crippen molar-refractivity contribution in [1.82, 2.24) is 10.6 Å². The van der Waals surface area contributed by atoms with Gasteiger partial charge in [-0.05, 0) is 56.5 Å². The molecular weight excluding hydrogens is 392 g/mol. The third-order valence-electron chi connectivity index (χ3n) is 6.61. The van der Waals surface area contributed by atoms with E-state index >= 15 is 0 Å². The summed E-state index contributed by atoms with van der Waals surface area (Å²) in [5, 5.41) is 6.56. The summed E-state index contributed by atoms with van der Waals surface area (Å²) in [6.07, 6.45) is 7.12. The third kappa shape index (κ3) is 4.98. The van der Waals surface area contributed by atoms with Gasteiger partial charge >= 0.3 is 0 Å². The Kier molecular flexibility index (Phi) is 8.61. The number of methoxy groups -OCH3 is 3. The second-order valence-electron chi connectivity index (χ2n) is 8.04. The van der Waals surface area contributed by atoms with Crippen LogP contribution in [-0.2, 0) is 14.9 Å². The van der Waals surface area contributed by atoms with Gasteiger partial charge in [0.25, 0.3) is 5.91 Å². The molecule has 0 radical (unpaired) electrons. The van der Waals surface area contributed by atoms with E-state index in [-0.39, 0.29) is 23.7 Å². The SMILES string of the molecule is COc1ccc(C2(CNC(=O)C3(OC)CCNCC3)CCCCC2)cc1OC.Cl. The predicted octanol–water partition coefficient (Wildman–Crippen LogP) is 3.21. The Morgan fingerprint density at radius 1 is 1.00 bits per heavy atom. The van der Waals surface area contributed by atoms with E-state index in [2.05, 4.69) is 22.8 Å². The zero-order valence-electron chi connectivity index (χ0n) is 17.8.